The minimum atomic E-state index is -4.26. The van der Waals surface area contributed by atoms with E-state index in [9.17, 15) is 40.3 Å². The summed E-state index contributed by atoms with van der Waals surface area (Å²) >= 11 is 1.05. The Labute approximate surface area is 235 Å². The molecule has 0 saturated heterocycles. The van der Waals surface area contributed by atoms with Crippen LogP contribution in [0.1, 0.15) is 65.2 Å². The van der Waals surface area contributed by atoms with Gasteiger partial charge >= 0.3 is 5.97 Å². The molecule has 0 spiro atoms. The molecule has 1 heterocycles. The van der Waals surface area contributed by atoms with E-state index in [4.69, 9.17) is 4.74 Å². The van der Waals surface area contributed by atoms with Crippen molar-refractivity contribution in [1.82, 2.24) is 4.31 Å². The molecular formula is C26H35F5N2O5S2. The molecule has 3 aliphatic rings. The number of ether oxygens (including phenoxy) is 1. The topological polar surface area (TPSA) is 87.2 Å². The summed E-state index contributed by atoms with van der Waals surface area (Å²) in [4.78, 5) is 13.3. The number of carboxylic acid groups (broad SMARTS) is 1. The molecule has 0 aromatic heterocycles. The van der Waals surface area contributed by atoms with Gasteiger partial charge in [0.2, 0.25) is 27.5 Å². The van der Waals surface area contributed by atoms with Gasteiger partial charge in [0.1, 0.15) is 17.3 Å². The molecule has 1 aromatic rings. The van der Waals surface area contributed by atoms with Gasteiger partial charge < -0.3 is 14.7 Å². The third-order valence-electron chi connectivity index (χ3n) is 7.89. The first-order valence-corrected chi connectivity index (χ1v) is 15.6. The summed E-state index contributed by atoms with van der Waals surface area (Å²) < 4.78 is 104. The number of aliphatic carboxylic acids is 1. The third kappa shape index (κ3) is 6.80. The second kappa shape index (κ2) is 11.1. The Hall–Kier alpha value is -1.80. The van der Waals surface area contributed by atoms with E-state index < -0.39 is 70.7 Å². The average molecular weight is 615 g/mol. The molecule has 0 bridgehead atoms. The molecule has 1 N–H and O–H groups in total. The number of thioether (sulfide) groups is 1. The monoisotopic (exact) mass is 614 g/mol. The lowest BCUT2D eigenvalue weighted by Gasteiger charge is -2.36. The number of benzene rings is 1. The van der Waals surface area contributed by atoms with Crippen LogP contribution in [-0.2, 0) is 14.8 Å². The van der Waals surface area contributed by atoms with Gasteiger partial charge in [-0.1, -0.05) is 12.8 Å². The lowest BCUT2D eigenvalue weighted by Crippen LogP contribution is -2.45. The molecule has 4 rings (SSSR count). The Morgan fingerprint density at radius 3 is 2.35 bits per heavy atom. The molecule has 14 heteroatoms. The molecule has 40 heavy (non-hydrogen) atoms. The van der Waals surface area contributed by atoms with E-state index in [1.807, 2.05) is 4.90 Å². The second-order valence-electron chi connectivity index (χ2n) is 11.4. The molecule has 7 nitrogen and oxygen atoms in total. The van der Waals surface area contributed by atoms with Gasteiger partial charge in [0.25, 0.3) is 0 Å². The van der Waals surface area contributed by atoms with Gasteiger partial charge in [-0.15, -0.1) is 11.8 Å². The van der Waals surface area contributed by atoms with Crippen molar-refractivity contribution >= 4 is 33.4 Å². The van der Waals surface area contributed by atoms with Crippen molar-refractivity contribution in [2.45, 2.75) is 110 Å². The Morgan fingerprint density at radius 2 is 1.80 bits per heavy atom. The van der Waals surface area contributed by atoms with E-state index in [0.717, 1.165) is 55.6 Å². The van der Waals surface area contributed by atoms with Crippen molar-refractivity contribution < 1.29 is 45.0 Å². The zero-order valence-corrected chi connectivity index (χ0v) is 24.3. The molecule has 2 atom stereocenters. The van der Waals surface area contributed by atoms with E-state index in [2.05, 4.69) is 0 Å². The van der Waals surface area contributed by atoms with Gasteiger partial charge in [-0.3, -0.25) is 0 Å². The van der Waals surface area contributed by atoms with Crippen molar-refractivity contribution in [3.05, 3.63) is 12.1 Å². The van der Waals surface area contributed by atoms with Crippen LogP contribution in [0.3, 0.4) is 0 Å². The van der Waals surface area contributed by atoms with Crippen LogP contribution >= 0.6 is 11.8 Å². The summed E-state index contributed by atoms with van der Waals surface area (Å²) in [5, 5.41) is 8.67. The summed E-state index contributed by atoms with van der Waals surface area (Å²) in [6.07, 6.45) is 1.99. The SMILES string of the molecule is CN1[C@@H](CCC(C)(F)F)CN(C2CCCC2)c2cc(SC3CC(F)(F)C3)c(OC[C@](C)(F)C(=O)O)cc2S1(=O)=O. The standard InChI is InChI=1S/C26H35F5N2O5S2/c1-24(27,23(34)35)15-38-20-11-22-19(10-21(20)39-18-12-26(30,31)13-18)33(16-6-4-5-7-16)14-17(8-9-25(2,28)29)32(3)40(22,36)37/h10-11,16-18H,4-9,12-15H2,1-3H3,(H,34,35)/t17-,24-/m0/s1. The number of carbonyl (C=O) groups is 1. The van der Waals surface area contributed by atoms with Crippen LogP contribution in [0.2, 0.25) is 0 Å². The number of hydrogen-bond donors (Lipinski definition) is 1. The highest BCUT2D eigenvalue weighted by Crippen LogP contribution is 2.51. The number of halogens is 5. The van der Waals surface area contributed by atoms with Gasteiger partial charge in [-0.25, -0.2) is 35.2 Å². The van der Waals surface area contributed by atoms with E-state index in [-0.39, 0.29) is 29.7 Å². The fourth-order valence-electron chi connectivity index (χ4n) is 5.36. The molecule has 1 aromatic carbocycles. The summed E-state index contributed by atoms with van der Waals surface area (Å²) in [6, 6.07) is 1.90. The highest BCUT2D eigenvalue weighted by molar-refractivity contribution is 8.00. The number of alkyl halides is 5. The molecule has 226 valence electrons. The number of rotatable bonds is 10. The Balaban J connectivity index is 1.79. The molecule has 2 aliphatic carbocycles. The van der Waals surface area contributed by atoms with Crippen LogP contribution in [-0.4, -0.2) is 78.8 Å². The summed E-state index contributed by atoms with van der Waals surface area (Å²) in [7, 11) is -2.93. The zero-order valence-electron chi connectivity index (χ0n) is 22.6. The number of likely N-dealkylation sites (N-methyl/N-ethyl adjacent to an activating group) is 1. The second-order valence-corrected chi connectivity index (χ2v) is 14.7. The lowest BCUT2D eigenvalue weighted by molar-refractivity contribution is -0.151. The van der Waals surface area contributed by atoms with Crippen LogP contribution in [0.15, 0.2) is 21.9 Å². The predicted octanol–water partition coefficient (Wildman–Crippen LogP) is 5.96. The van der Waals surface area contributed by atoms with E-state index in [1.165, 1.54) is 19.2 Å². The fourth-order valence-corrected chi connectivity index (χ4v) is 8.36. The highest BCUT2D eigenvalue weighted by atomic mass is 32.2. The molecule has 2 fully saturated rings. The van der Waals surface area contributed by atoms with Gasteiger partial charge in [-0.2, -0.15) is 4.31 Å². The molecule has 0 unspecified atom stereocenters. The number of hydrogen-bond acceptors (Lipinski definition) is 6. The molecular weight excluding hydrogens is 579 g/mol. The predicted molar refractivity (Wildman–Crippen MR) is 141 cm³/mol. The third-order valence-corrected chi connectivity index (χ3v) is 11.1. The van der Waals surface area contributed by atoms with Gasteiger partial charge in [0, 0.05) is 56.3 Å². The van der Waals surface area contributed by atoms with E-state index in [0.29, 0.717) is 10.6 Å². The van der Waals surface area contributed by atoms with Gasteiger partial charge in [0.05, 0.1) is 10.6 Å². The van der Waals surface area contributed by atoms with Crippen LogP contribution in [0.4, 0.5) is 27.6 Å². The maximum absolute atomic E-state index is 14.6. The Kier molecular flexibility index (Phi) is 8.66. The number of nitrogens with zero attached hydrogens (tertiary/aromatic N) is 2. The van der Waals surface area contributed by atoms with E-state index >= 15 is 0 Å². The normalized spacial score (nSPS) is 25.1. The summed E-state index contributed by atoms with van der Waals surface area (Å²) in [5.41, 5.74) is -2.48. The Bertz CT molecular complexity index is 1210. The van der Waals surface area contributed by atoms with Crippen LogP contribution < -0.4 is 9.64 Å². The molecule has 2 saturated carbocycles. The van der Waals surface area contributed by atoms with E-state index in [1.54, 1.807) is 0 Å². The van der Waals surface area contributed by atoms with Crippen LogP contribution in [0, 0.1) is 0 Å². The maximum Gasteiger partial charge on any atom is 0.344 e. The number of sulfonamides is 1. The number of anilines is 1. The first-order chi connectivity index (χ1) is 18.4. The highest BCUT2D eigenvalue weighted by Gasteiger charge is 2.47. The molecule has 1 aliphatic heterocycles. The van der Waals surface area contributed by atoms with Crippen molar-refractivity contribution in [3.8, 4) is 5.75 Å². The quantitative estimate of drug-likeness (QED) is 0.326. The minimum Gasteiger partial charge on any atom is -0.488 e. The zero-order chi connectivity index (χ0) is 29.7. The largest absolute Gasteiger partial charge is 0.488 e. The maximum atomic E-state index is 14.6. The molecule has 0 radical (unpaired) electrons. The van der Waals surface area contributed by atoms with Crippen LogP contribution in [0.25, 0.3) is 0 Å². The van der Waals surface area contributed by atoms with Crippen molar-refractivity contribution in [2.24, 2.45) is 0 Å². The minimum absolute atomic E-state index is 0.0520. The van der Waals surface area contributed by atoms with Crippen molar-refractivity contribution in [2.75, 3.05) is 25.1 Å². The summed E-state index contributed by atoms with van der Waals surface area (Å²) in [5.74, 6) is -7.71. The summed E-state index contributed by atoms with van der Waals surface area (Å²) in [6.45, 7) is 0.815. The smallest absolute Gasteiger partial charge is 0.344 e. The Morgan fingerprint density at radius 1 is 1.18 bits per heavy atom. The van der Waals surface area contributed by atoms with Crippen molar-refractivity contribution in [3.63, 3.8) is 0 Å². The molecule has 0 amide bonds. The van der Waals surface area contributed by atoms with Gasteiger partial charge in [0.15, 0.2) is 0 Å². The van der Waals surface area contributed by atoms with Crippen LogP contribution in [0.5, 0.6) is 5.75 Å². The van der Waals surface area contributed by atoms with Crippen molar-refractivity contribution in [1.29, 1.82) is 0 Å². The van der Waals surface area contributed by atoms with Gasteiger partial charge in [-0.05, 0) is 39.2 Å². The first kappa shape index (κ1) is 31.1. The first-order valence-electron chi connectivity index (χ1n) is 13.3. The lowest BCUT2D eigenvalue weighted by atomic mass is 9.94. The number of fused-ring (bicyclic) bond motifs is 1. The fraction of sp³-hybridized carbons (Fsp3) is 0.731. The number of carboxylic acids is 1. The average Bonchev–Trinajstić information content (AvgIpc) is 3.33.